The zero-order valence-electron chi connectivity index (χ0n) is 11.5. The summed E-state index contributed by atoms with van der Waals surface area (Å²) in [6.07, 6.45) is -1.97. The number of aliphatic carboxylic acids is 1. The van der Waals surface area contributed by atoms with E-state index in [4.69, 9.17) is 9.84 Å². The van der Waals surface area contributed by atoms with Crippen LogP contribution in [0.5, 0.6) is 5.75 Å². The summed E-state index contributed by atoms with van der Waals surface area (Å²) in [7, 11) is 0. The number of rotatable bonds is 6. The van der Waals surface area contributed by atoms with E-state index in [0.717, 1.165) is 6.08 Å². The monoisotopic (exact) mass is 304 g/mol. The number of ether oxygens (including phenoxy) is 2. The van der Waals surface area contributed by atoms with Crippen molar-refractivity contribution >= 4 is 12.0 Å². The van der Waals surface area contributed by atoms with Crippen molar-refractivity contribution in [2.75, 3.05) is 13.4 Å². The second-order valence-electron chi connectivity index (χ2n) is 4.38. The van der Waals surface area contributed by atoms with Crippen molar-refractivity contribution in [3.63, 3.8) is 0 Å². The van der Waals surface area contributed by atoms with Crippen molar-refractivity contribution in [2.45, 2.75) is 20.0 Å². The molecule has 7 heteroatoms. The minimum absolute atomic E-state index is 0.421. The lowest BCUT2D eigenvalue weighted by Crippen LogP contribution is -2.19. The molecule has 0 aliphatic heterocycles. The molecular formula is C14H15F3O4. The molecule has 0 saturated heterocycles. The van der Waals surface area contributed by atoms with E-state index in [0.29, 0.717) is 22.4 Å². The number of alkyl halides is 3. The van der Waals surface area contributed by atoms with Crippen molar-refractivity contribution in [3.05, 3.63) is 34.9 Å². The largest absolute Gasteiger partial charge is 0.478 e. The highest BCUT2D eigenvalue weighted by atomic mass is 19.4. The molecule has 0 heterocycles. The smallest absolute Gasteiger partial charge is 0.411 e. The fourth-order valence-electron chi connectivity index (χ4n) is 1.73. The molecule has 0 fully saturated rings. The number of hydrogen-bond acceptors (Lipinski definition) is 3. The zero-order chi connectivity index (χ0) is 16.0. The van der Waals surface area contributed by atoms with Crippen molar-refractivity contribution in [3.8, 4) is 5.75 Å². The molecule has 116 valence electrons. The second-order valence-corrected chi connectivity index (χ2v) is 4.38. The molecule has 1 N–H and O–H groups in total. The maximum atomic E-state index is 11.9. The van der Waals surface area contributed by atoms with Crippen LogP contribution in [-0.2, 0) is 9.53 Å². The van der Waals surface area contributed by atoms with E-state index in [1.807, 2.05) is 0 Å². The van der Waals surface area contributed by atoms with E-state index in [9.17, 15) is 18.0 Å². The van der Waals surface area contributed by atoms with Gasteiger partial charge in [0.2, 0.25) is 0 Å². The Hall–Kier alpha value is -2.02. The minimum atomic E-state index is -4.39. The summed E-state index contributed by atoms with van der Waals surface area (Å²) in [6, 6.07) is 3.34. The number of carboxylic acids is 1. The first-order valence-corrected chi connectivity index (χ1v) is 5.98. The molecule has 0 atom stereocenters. The maximum Gasteiger partial charge on any atom is 0.411 e. The van der Waals surface area contributed by atoms with Crippen LogP contribution >= 0.6 is 0 Å². The van der Waals surface area contributed by atoms with Gasteiger partial charge in [-0.15, -0.1) is 0 Å². The van der Waals surface area contributed by atoms with Gasteiger partial charge in [0.1, 0.15) is 12.4 Å². The van der Waals surface area contributed by atoms with Gasteiger partial charge in [0.15, 0.2) is 6.79 Å². The molecule has 0 aliphatic carbocycles. The highest BCUT2D eigenvalue weighted by Crippen LogP contribution is 2.25. The van der Waals surface area contributed by atoms with Crippen molar-refractivity contribution in [2.24, 2.45) is 0 Å². The van der Waals surface area contributed by atoms with Crippen LogP contribution < -0.4 is 4.74 Å². The van der Waals surface area contributed by atoms with Gasteiger partial charge in [-0.1, -0.05) is 0 Å². The maximum absolute atomic E-state index is 11.9. The van der Waals surface area contributed by atoms with Crippen molar-refractivity contribution < 1.29 is 32.5 Å². The summed E-state index contributed by atoms with van der Waals surface area (Å²) in [5.74, 6) is -0.643. The van der Waals surface area contributed by atoms with Crippen LogP contribution in [0, 0.1) is 13.8 Å². The number of benzene rings is 1. The Morgan fingerprint density at radius 2 is 1.86 bits per heavy atom. The fraction of sp³-hybridized carbons (Fsp3) is 0.357. The highest BCUT2D eigenvalue weighted by molar-refractivity contribution is 5.85. The van der Waals surface area contributed by atoms with Crippen LogP contribution in [-0.4, -0.2) is 30.7 Å². The van der Waals surface area contributed by atoms with Gasteiger partial charge in [-0.2, -0.15) is 13.2 Å². The number of carbonyl (C=O) groups is 1. The first kappa shape index (κ1) is 17.0. The molecule has 0 radical (unpaired) electrons. The van der Waals surface area contributed by atoms with Gasteiger partial charge in [-0.05, 0) is 48.7 Å². The number of aryl methyl sites for hydroxylation is 2. The van der Waals surface area contributed by atoms with Crippen molar-refractivity contribution in [1.82, 2.24) is 0 Å². The minimum Gasteiger partial charge on any atom is -0.478 e. The Kier molecular flexibility index (Phi) is 5.78. The number of halogens is 3. The van der Waals surface area contributed by atoms with Crippen LogP contribution in [0.3, 0.4) is 0 Å². The Morgan fingerprint density at radius 3 is 2.33 bits per heavy atom. The SMILES string of the molecule is Cc1cc(/C=C/C(=O)O)cc(C)c1OCOCC(F)(F)F. The van der Waals surface area contributed by atoms with E-state index in [1.54, 1.807) is 26.0 Å². The Bertz CT molecular complexity index is 513. The van der Waals surface area contributed by atoms with E-state index in [-0.39, 0.29) is 0 Å². The van der Waals surface area contributed by atoms with Gasteiger partial charge in [0, 0.05) is 6.08 Å². The summed E-state index contributed by atoms with van der Waals surface area (Å²) in [5.41, 5.74) is 2.02. The molecule has 0 spiro atoms. The summed E-state index contributed by atoms with van der Waals surface area (Å²) in [4.78, 5) is 10.4. The molecule has 0 aliphatic rings. The first-order chi connectivity index (χ1) is 9.69. The summed E-state index contributed by atoms with van der Waals surface area (Å²) in [6.45, 7) is 1.55. The third-order valence-corrected chi connectivity index (χ3v) is 2.45. The lowest BCUT2D eigenvalue weighted by molar-refractivity contribution is -0.186. The molecule has 1 aromatic rings. The Morgan fingerprint density at radius 1 is 1.29 bits per heavy atom. The lowest BCUT2D eigenvalue weighted by Gasteiger charge is -2.14. The van der Waals surface area contributed by atoms with Crippen LogP contribution in [0.2, 0.25) is 0 Å². The Labute approximate surface area is 119 Å². The van der Waals surface area contributed by atoms with E-state index >= 15 is 0 Å². The summed E-state index contributed by atoms with van der Waals surface area (Å²) < 4.78 is 45.3. The average molecular weight is 304 g/mol. The molecule has 0 unspecified atom stereocenters. The summed E-state index contributed by atoms with van der Waals surface area (Å²) >= 11 is 0. The third-order valence-electron chi connectivity index (χ3n) is 2.45. The normalized spacial score (nSPS) is 11.9. The number of hydrogen-bond donors (Lipinski definition) is 1. The standard InChI is InChI=1S/C14H15F3O4/c1-9-5-11(3-4-12(18)19)6-10(2)13(9)21-8-20-7-14(15,16)17/h3-6H,7-8H2,1-2H3,(H,18,19)/b4-3+. The van der Waals surface area contributed by atoms with Crippen LogP contribution in [0.1, 0.15) is 16.7 Å². The van der Waals surface area contributed by atoms with Gasteiger partial charge < -0.3 is 14.6 Å². The molecule has 0 amide bonds. The van der Waals surface area contributed by atoms with Gasteiger partial charge in [-0.3, -0.25) is 0 Å². The van der Waals surface area contributed by atoms with E-state index in [2.05, 4.69) is 4.74 Å². The summed E-state index contributed by atoms with van der Waals surface area (Å²) in [5, 5.41) is 8.56. The third kappa shape index (κ3) is 6.31. The lowest BCUT2D eigenvalue weighted by atomic mass is 10.1. The van der Waals surface area contributed by atoms with Gasteiger partial charge in [0.05, 0.1) is 0 Å². The molecule has 4 nitrogen and oxygen atoms in total. The Balaban J connectivity index is 2.70. The molecule has 21 heavy (non-hydrogen) atoms. The van der Waals surface area contributed by atoms with E-state index in [1.165, 1.54) is 6.08 Å². The molecule has 1 aromatic carbocycles. The molecule has 1 rings (SSSR count). The number of carboxylic acid groups (broad SMARTS) is 1. The molecular weight excluding hydrogens is 289 g/mol. The quantitative estimate of drug-likeness (QED) is 0.497. The van der Waals surface area contributed by atoms with Crippen molar-refractivity contribution in [1.29, 1.82) is 0 Å². The first-order valence-electron chi connectivity index (χ1n) is 5.98. The molecule has 0 bridgehead atoms. The van der Waals surface area contributed by atoms with Gasteiger partial charge >= 0.3 is 12.1 Å². The van der Waals surface area contributed by atoms with Crippen LogP contribution in [0.15, 0.2) is 18.2 Å². The van der Waals surface area contributed by atoms with E-state index < -0.39 is 25.5 Å². The topological polar surface area (TPSA) is 55.8 Å². The van der Waals surface area contributed by atoms with Gasteiger partial charge in [0.25, 0.3) is 0 Å². The predicted octanol–water partition coefficient (Wildman–Crippen LogP) is 3.32. The van der Waals surface area contributed by atoms with Crippen LogP contribution in [0.25, 0.3) is 6.08 Å². The van der Waals surface area contributed by atoms with Crippen LogP contribution in [0.4, 0.5) is 13.2 Å². The predicted molar refractivity (Wildman–Crippen MR) is 70.1 cm³/mol. The molecule has 0 aromatic heterocycles. The van der Waals surface area contributed by atoms with Gasteiger partial charge in [-0.25, -0.2) is 4.79 Å². The average Bonchev–Trinajstić information content (AvgIpc) is 2.33. The highest BCUT2D eigenvalue weighted by Gasteiger charge is 2.27. The zero-order valence-corrected chi connectivity index (χ0v) is 11.5. The second kappa shape index (κ2) is 7.12. The molecule has 0 saturated carbocycles. The fourth-order valence-corrected chi connectivity index (χ4v) is 1.73.